The highest BCUT2D eigenvalue weighted by Gasteiger charge is 2.26. The van der Waals surface area contributed by atoms with Crippen LogP contribution in [0.1, 0.15) is 39.2 Å². The van der Waals surface area contributed by atoms with E-state index in [0.717, 1.165) is 42.3 Å². The second-order valence-corrected chi connectivity index (χ2v) is 9.90. The Labute approximate surface area is 177 Å². The summed E-state index contributed by atoms with van der Waals surface area (Å²) in [6, 6.07) is 16.7. The monoisotopic (exact) mass is 417 g/mol. The van der Waals surface area contributed by atoms with Crippen molar-refractivity contribution in [3.8, 4) is 0 Å². The van der Waals surface area contributed by atoms with Crippen LogP contribution in [0.5, 0.6) is 0 Å². The summed E-state index contributed by atoms with van der Waals surface area (Å²) < 4.78 is 5.48. The van der Waals surface area contributed by atoms with Gasteiger partial charge in [0.1, 0.15) is 5.60 Å². The van der Waals surface area contributed by atoms with Gasteiger partial charge < -0.3 is 9.64 Å². The molecule has 28 heavy (non-hydrogen) atoms. The number of rotatable bonds is 4. The minimum atomic E-state index is -0.432. The first kappa shape index (κ1) is 21.1. The van der Waals surface area contributed by atoms with Crippen molar-refractivity contribution < 1.29 is 9.53 Å². The molecule has 0 radical (unpaired) electrons. The van der Waals surface area contributed by atoms with Crippen molar-refractivity contribution in [2.24, 2.45) is 5.92 Å². The third kappa shape index (κ3) is 6.46. The van der Waals surface area contributed by atoms with Crippen LogP contribution in [0.15, 0.2) is 58.3 Å². The zero-order chi connectivity index (χ0) is 20.1. The van der Waals surface area contributed by atoms with Gasteiger partial charge in [0.15, 0.2) is 0 Å². The molecule has 1 aliphatic rings. The fraction of sp³-hybridized carbons (Fsp3) is 0.435. The lowest BCUT2D eigenvalue weighted by Gasteiger charge is -2.33. The molecule has 150 valence electrons. The molecule has 1 amide bonds. The molecule has 3 nitrogen and oxygen atoms in total. The fourth-order valence-corrected chi connectivity index (χ4v) is 4.47. The fourth-order valence-electron chi connectivity index (χ4n) is 3.34. The second-order valence-electron chi connectivity index (χ2n) is 8.32. The molecule has 0 N–H and O–H groups in total. The van der Waals surface area contributed by atoms with E-state index in [2.05, 4.69) is 30.3 Å². The maximum absolute atomic E-state index is 12.2. The third-order valence-electron chi connectivity index (χ3n) is 4.75. The van der Waals surface area contributed by atoms with Crippen LogP contribution in [0.4, 0.5) is 4.79 Å². The van der Waals surface area contributed by atoms with E-state index in [4.69, 9.17) is 16.3 Å². The summed E-state index contributed by atoms with van der Waals surface area (Å²) in [5.74, 6) is 0.616. The lowest BCUT2D eigenvalue weighted by molar-refractivity contribution is 0.0184. The van der Waals surface area contributed by atoms with Gasteiger partial charge in [-0.3, -0.25) is 0 Å². The van der Waals surface area contributed by atoms with E-state index >= 15 is 0 Å². The van der Waals surface area contributed by atoms with Crippen molar-refractivity contribution in [1.29, 1.82) is 0 Å². The standard InChI is InChI=1S/C23H28ClNO2S/c1-23(2,3)27-22(26)25-13-11-18(12-14-25)15-17-7-9-20(10-8-17)28-21-6-4-5-19(24)16-21/h4-10,16,18H,11-15H2,1-3H3. The van der Waals surface area contributed by atoms with Crippen LogP contribution in [0.2, 0.25) is 5.02 Å². The maximum atomic E-state index is 12.2. The van der Waals surface area contributed by atoms with Gasteiger partial charge in [-0.1, -0.05) is 41.6 Å². The van der Waals surface area contributed by atoms with Gasteiger partial charge in [-0.05, 0) is 81.8 Å². The van der Waals surface area contributed by atoms with Gasteiger partial charge in [0.2, 0.25) is 0 Å². The summed E-state index contributed by atoms with van der Waals surface area (Å²) in [5, 5.41) is 0.763. The first-order chi connectivity index (χ1) is 13.3. The van der Waals surface area contributed by atoms with E-state index in [1.165, 1.54) is 10.5 Å². The average Bonchev–Trinajstić information content (AvgIpc) is 2.63. The molecule has 0 spiro atoms. The molecule has 0 bridgehead atoms. The van der Waals surface area contributed by atoms with Crippen molar-refractivity contribution in [1.82, 2.24) is 4.90 Å². The van der Waals surface area contributed by atoms with Gasteiger partial charge in [0.25, 0.3) is 0 Å². The second kappa shape index (κ2) is 9.23. The molecule has 5 heteroatoms. The number of hydrogen-bond acceptors (Lipinski definition) is 3. The molecule has 0 saturated carbocycles. The molecule has 1 saturated heterocycles. The van der Waals surface area contributed by atoms with E-state index in [1.807, 2.05) is 43.9 Å². The molecule has 1 heterocycles. The Balaban J connectivity index is 1.48. The molecule has 0 atom stereocenters. The lowest BCUT2D eigenvalue weighted by atomic mass is 9.90. The van der Waals surface area contributed by atoms with Crippen LogP contribution < -0.4 is 0 Å². The quantitative estimate of drug-likeness (QED) is 0.555. The average molecular weight is 418 g/mol. The van der Waals surface area contributed by atoms with Crippen LogP contribution in [-0.2, 0) is 11.2 Å². The van der Waals surface area contributed by atoms with Gasteiger partial charge in [0.05, 0.1) is 0 Å². The van der Waals surface area contributed by atoms with Crippen molar-refractivity contribution >= 4 is 29.5 Å². The van der Waals surface area contributed by atoms with Crippen LogP contribution in [-0.4, -0.2) is 29.7 Å². The molecular formula is C23H28ClNO2S. The SMILES string of the molecule is CC(C)(C)OC(=O)N1CCC(Cc2ccc(Sc3cccc(Cl)c3)cc2)CC1. The van der Waals surface area contributed by atoms with Crippen LogP contribution in [0.25, 0.3) is 0 Å². The Morgan fingerprint density at radius 1 is 1.11 bits per heavy atom. The number of carbonyl (C=O) groups is 1. The number of carbonyl (C=O) groups excluding carboxylic acids is 1. The summed E-state index contributed by atoms with van der Waals surface area (Å²) in [6.45, 7) is 7.29. The first-order valence-corrected chi connectivity index (χ1v) is 11.0. The predicted molar refractivity (Wildman–Crippen MR) is 116 cm³/mol. The Morgan fingerprint density at radius 3 is 2.39 bits per heavy atom. The number of likely N-dealkylation sites (tertiary alicyclic amines) is 1. The molecule has 2 aromatic carbocycles. The highest BCUT2D eigenvalue weighted by Crippen LogP contribution is 2.30. The van der Waals surface area contributed by atoms with Crippen molar-refractivity contribution in [3.05, 3.63) is 59.1 Å². The number of hydrogen-bond donors (Lipinski definition) is 0. The molecule has 3 rings (SSSR count). The molecule has 0 aromatic heterocycles. The van der Waals surface area contributed by atoms with Crippen molar-refractivity contribution in [2.75, 3.05) is 13.1 Å². The number of benzene rings is 2. The number of halogens is 1. The summed E-state index contributed by atoms with van der Waals surface area (Å²) in [6.07, 6.45) is 2.93. The topological polar surface area (TPSA) is 29.5 Å². The van der Waals surface area contributed by atoms with Gasteiger partial charge in [-0.2, -0.15) is 0 Å². The highest BCUT2D eigenvalue weighted by molar-refractivity contribution is 7.99. The van der Waals surface area contributed by atoms with E-state index in [1.54, 1.807) is 11.8 Å². The Bertz CT molecular complexity index is 793. The Hall–Kier alpha value is -1.65. The third-order valence-corrected chi connectivity index (χ3v) is 5.98. The minimum absolute atomic E-state index is 0.187. The van der Waals surface area contributed by atoms with Crippen LogP contribution >= 0.6 is 23.4 Å². The van der Waals surface area contributed by atoms with Gasteiger partial charge in [-0.15, -0.1) is 0 Å². The molecule has 1 aliphatic heterocycles. The smallest absolute Gasteiger partial charge is 0.410 e. The normalized spacial score (nSPS) is 15.5. The maximum Gasteiger partial charge on any atom is 0.410 e. The van der Waals surface area contributed by atoms with Gasteiger partial charge >= 0.3 is 6.09 Å². The number of nitrogens with zero attached hydrogens (tertiary/aromatic N) is 1. The van der Waals surface area contributed by atoms with E-state index < -0.39 is 5.60 Å². The predicted octanol–water partition coefficient (Wildman–Crippen LogP) is 6.68. The zero-order valence-electron chi connectivity index (χ0n) is 16.8. The Kier molecular flexibility index (Phi) is 6.95. The lowest BCUT2D eigenvalue weighted by Crippen LogP contribution is -2.42. The van der Waals surface area contributed by atoms with Crippen molar-refractivity contribution in [3.63, 3.8) is 0 Å². The number of piperidine rings is 1. The Morgan fingerprint density at radius 2 is 1.79 bits per heavy atom. The largest absolute Gasteiger partial charge is 0.444 e. The van der Waals surface area contributed by atoms with E-state index in [-0.39, 0.29) is 6.09 Å². The summed E-state index contributed by atoms with van der Waals surface area (Å²) in [5.41, 5.74) is 0.921. The first-order valence-electron chi connectivity index (χ1n) is 9.79. The van der Waals surface area contributed by atoms with Crippen LogP contribution in [0, 0.1) is 5.92 Å². The summed E-state index contributed by atoms with van der Waals surface area (Å²) >= 11 is 7.78. The molecule has 0 aliphatic carbocycles. The minimum Gasteiger partial charge on any atom is -0.444 e. The van der Waals surface area contributed by atoms with E-state index in [0.29, 0.717) is 5.92 Å². The van der Waals surface area contributed by atoms with Gasteiger partial charge in [-0.25, -0.2) is 4.79 Å². The molecule has 2 aromatic rings. The zero-order valence-corrected chi connectivity index (χ0v) is 18.4. The van der Waals surface area contributed by atoms with Gasteiger partial charge in [0, 0.05) is 27.9 Å². The molecular weight excluding hydrogens is 390 g/mol. The summed E-state index contributed by atoms with van der Waals surface area (Å²) in [7, 11) is 0. The molecule has 0 unspecified atom stereocenters. The van der Waals surface area contributed by atoms with Crippen molar-refractivity contribution in [2.45, 2.75) is 55.4 Å². The van der Waals surface area contributed by atoms with Crippen LogP contribution in [0.3, 0.4) is 0 Å². The number of ether oxygens (including phenoxy) is 1. The molecule has 1 fully saturated rings. The highest BCUT2D eigenvalue weighted by atomic mass is 35.5. The number of amides is 1. The summed E-state index contributed by atoms with van der Waals surface area (Å²) in [4.78, 5) is 16.4. The van der Waals surface area contributed by atoms with E-state index in [9.17, 15) is 4.79 Å².